The third-order valence-electron chi connectivity index (χ3n) is 3.23. The Labute approximate surface area is 131 Å². The quantitative estimate of drug-likeness (QED) is 0.886. The van der Waals surface area contributed by atoms with Gasteiger partial charge in [-0.1, -0.05) is 42.0 Å². The molecule has 0 aliphatic carbocycles. The summed E-state index contributed by atoms with van der Waals surface area (Å²) in [6.07, 6.45) is 0. The van der Waals surface area contributed by atoms with E-state index >= 15 is 0 Å². The Hall–Kier alpha value is -0.970. The topological polar surface area (TPSA) is 29.1 Å². The van der Waals surface area contributed by atoms with E-state index in [1.165, 1.54) is 11.1 Å². The van der Waals surface area contributed by atoms with Gasteiger partial charge in [0.15, 0.2) is 0 Å². The van der Waals surface area contributed by atoms with Crippen molar-refractivity contribution < 1.29 is 4.21 Å². The summed E-state index contributed by atoms with van der Waals surface area (Å²) < 4.78 is 13.4. The first-order valence-electron chi connectivity index (χ1n) is 6.48. The van der Waals surface area contributed by atoms with Crippen molar-refractivity contribution in [2.24, 2.45) is 0 Å². The van der Waals surface area contributed by atoms with Crippen LogP contribution in [0, 0.1) is 6.92 Å². The molecule has 0 spiro atoms. The fourth-order valence-corrected chi connectivity index (χ4v) is 4.20. The van der Waals surface area contributed by atoms with Crippen molar-refractivity contribution >= 4 is 26.7 Å². The van der Waals surface area contributed by atoms with Crippen LogP contribution < -0.4 is 5.32 Å². The third kappa shape index (κ3) is 3.78. The molecule has 2 nitrogen and oxygen atoms in total. The van der Waals surface area contributed by atoms with Crippen LogP contribution in [0.25, 0.3) is 0 Å². The number of halogens is 1. The van der Waals surface area contributed by atoms with E-state index in [1.54, 1.807) is 0 Å². The third-order valence-corrected chi connectivity index (χ3v) is 5.66. The average Bonchev–Trinajstić information content (AvgIpc) is 2.46. The van der Waals surface area contributed by atoms with E-state index in [4.69, 9.17) is 0 Å². The second-order valence-electron chi connectivity index (χ2n) is 4.69. The van der Waals surface area contributed by atoms with E-state index < -0.39 is 10.8 Å². The molecule has 2 atom stereocenters. The number of hydrogen-bond donors (Lipinski definition) is 1. The van der Waals surface area contributed by atoms with E-state index in [0.717, 1.165) is 9.37 Å². The first kappa shape index (κ1) is 15.4. The molecule has 0 amide bonds. The lowest BCUT2D eigenvalue weighted by molar-refractivity contribution is 0.635. The van der Waals surface area contributed by atoms with Crippen LogP contribution in [0.3, 0.4) is 0 Å². The summed E-state index contributed by atoms with van der Waals surface area (Å²) in [5.74, 6) is 0.558. The summed E-state index contributed by atoms with van der Waals surface area (Å²) in [7, 11) is 0.864. The molecular formula is C16H18BrNOS. The molecule has 20 heavy (non-hydrogen) atoms. The molecule has 0 bridgehead atoms. The van der Waals surface area contributed by atoms with Crippen LogP contribution in [0.15, 0.2) is 57.9 Å². The van der Waals surface area contributed by atoms with Crippen LogP contribution in [-0.4, -0.2) is 17.0 Å². The molecule has 0 aliphatic rings. The predicted molar refractivity (Wildman–Crippen MR) is 88.4 cm³/mol. The molecule has 0 saturated carbocycles. The largest absolute Gasteiger partial charge is 0.312 e. The summed E-state index contributed by atoms with van der Waals surface area (Å²) in [5, 5.41) is 3.25. The van der Waals surface area contributed by atoms with Gasteiger partial charge in [0.1, 0.15) is 0 Å². The number of nitrogens with one attached hydrogen (secondary N) is 1. The lowest BCUT2D eigenvalue weighted by Gasteiger charge is -2.17. The van der Waals surface area contributed by atoms with Crippen molar-refractivity contribution in [2.75, 3.05) is 12.8 Å². The highest BCUT2D eigenvalue weighted by Gasteiger charge is 2.15. The Bertz CT molecular complexity index is 598. The highest BCUT2D eigenvalue weighted by atomic mass is 79.9. The van der Waals surface area contributed by atoms with Gasteiger partial charge in [0.05, 0.1) is 15.7 Å². The lowest BCUT2D eigenvalue weighted by atomic mass is 10.1. The predicted octanol–water partition coefficient (Wildman–Crippen LogP) is 3.83. The van der Waals surface area contributed by atoms with E-state index in [9.17, 15) is 4.21 Å². The second kappa shape index (κ2) is 7.16. The van der Waals surface area contributed by atoms with Crippen molar-refractivity contribution in [3.8, 4) is 0 Å². The van der Waals surface area contributed by atoms with Crippen LogP contribution in [0.1, 0.15) is 17.2 Å². The van der Waals surface area contributed by atoms with Gasteiger partial charge in [-0.2, -0.15) is 0 Å². The van der Waals surface area contributed by atoms with Gasteiger partial charge >= 0.3 is 0 Å². The second-order valence-corrected chi connectivity index (χ2v) is 7.01. The van der Waals surface area contributed by atoms with Gasteiger partial charge in [0, 0.05) is 16.3 Å². The van der Waals surface area contributed by atoms with E-state index in [0.29, 0.717) is 5.75 Å². The summed E-state index contributed by atoms with van der Waals surface area (Å²) in [4.78, 5) is 0.847. The zero-order valence-electron chi connectivity index (χ0n) is 11.6. The zero-order valence-corrected chi connectivity index (χ0v) is 14.0. The molecule has 106 valence electrons. The normalized spacial score (nSPS) is 13.9. The number of aryl methyl sites for hydroxylation is 1. The standard InChI is InChI=1S/C16H18BrNOS/c1-12-7-9-13(10-8-12)15(18-2)11-20(19)16-6-4-3-5-14(16)17/h3-10,15,18H,11H2,1-2H3. The average molecular weight is 352 g/mol. The van der Waals surface area contributed by atoms with Gasteiger partial charge in [-0.15, -0.1) is 0 Å². The first-order valence-corrected chi connectivity index (χ1v) is 8.59. The lowest BCUT2D eigenvalue weighted by Crippen LogP contribution is -2.22. The Morgan fingerprint density at radius 2 is 1.80 bits per heavy atom. The fourth-order valence-electron chi connectivity index (χ4n) is 2.02. The van der Waals surface area contributed by atoms with Crippen molar-refractivity contribution in [2.45, 2.75) is 17.9 Å². The number of hydrogen-bond acceptors (Lipinski definition) is 2. The summed E-state index contributed by atoms with van der Waals surface area (Å²) in [5.41, 5.74) is 2.40. The Balaban J connectivity index is 2.16. The van der Waals surface area contributed by atoms with Gasteiger partial charge < -0.3 is 5.32 Å². The summed E-state index contributed by atoms with van der Waals surface area (Å²) in [6, 6.07) is 16.1. The van der Waals surface area contributed by atoms with E-state index in [2.05, 4.69) is 52.4 Å². The maximum Gasteiger partial charge on any atom is 0.0560 e. The van der Waals surface area contributed by atoms with Crippen molar-refractivity contribution in [3.05, 3.63) is 64.1 Å². The Kier molecular flexibility index (Phi) is 5.52. The van der Waals surface area contributed by atoms with Crippen molar-refractivity contribution in [1.29, 1.82) is 0 Å². The molecule has 2 aromatic carbocycles. The van der Waals surface area contributed by atoms with Crippen molar-refractivity contribution in [1.82, 2.24) is 5.32 Å². The molecule has 2 rings (SSSR count). The molecule has 1 N–H and O–H groups in total. The smallest absolute Gasteiger partial charge is 0.0560 e. The van der Waals surface area contributed by atoms with Gasteiger partial charge in [-0.05, 0) is 47.6 Å². The molecule has 0 radical (unpaired) electrons. The van der Waals surface area contributed by atoms with Crippen LogP contribution in [0.2, 0.25) is 0 Å². The Morgan fingerprint density at radius 3 is 2.40 bits per heavy atom. The summed E-state index contributed by atoms with van der Waals surface area (Å²) >= 11 is 3.46. The highest BCUT2D eigenvalue weighted by molar-refractivity contribution is 9.10. The van der Waals surface area contributed by atoms with E-state index in [1.807, 2.05) is 31.3 Å². The Morgan fingerprint density at radius 1 is 1.15 bits per heavy atom. The van der Waals surface area contributed by atoms with Gasteiger partial charge in [-0.25, -0.2) is 0 Å². The molecule has 2 unspecified atom stereocenters. The van der Waals surface area contributed by atoms with Crippen LogP contribution >= 0.6 is 15.9 Å². The van der Waals surface area contributed by atoms with Crippen molar-refractivity contribution in [3.63, 3.8) is 0 Å². The van der Waals surface area contributed by atoms with Gasteiger partial charge in [0.2, 0.25) is 0 Å². The summed E-state index contributed by atoms with van der Waals surface area (Å²) in [6.45, 7) is 2.07. The first-order chi connectivity index (χ1) is 9.61. The van der Waals surface area contributed by atoms with Crippen LogP contribution in [-0.2, 0) is 10.8 Å². The maximum atomic E-state index is 12.5. The minimum atomic E-state index is -1.04. The van der Waals surface area contributed by atoms with Gasteiger partial charge in [0.25, 0.3) is 0 Å². The molecule has 0 fully saturated rings. The van der Waals surface area contributed by atoms with E-state index in [-0.39, 0.29) is 6.04 Å². The molecular weight excluding hydrogens is 334 g/mol. The monoisotopic (exact) mass is 351 g/mol. The highest BCUT2D eigenvalue weighted by Crippen LogP contribution is 2.23. The van der Waals surface area contributed by atoms with Gasteiger partial charge in [-0.3, -0.25) is 4.21 Å². The maximum absolute atomic E-state index is 12.5. The molecule has 0 aliphatic heterocycles. The molecule has 0 aromatic heterocycles. The minimum Gasteiger partial charge on any atom is -0.312 e. The van der Waals surface area contributed by atoms with Crippen LogP contribution in [0.5, 0.6) is 0 Å². The SMILES string of the molecule is CNC(CS(=O)c1ccccc1Br)c1ccc(C)cc1. The minimum absolute atomic E-state index is 0.0866. The van der Waals surface area contributed by atoms with Crippen LogP contribution in [0.4, 0.5) is 0 Å². The zero-order chi connectivity index (χ0) is 14.5. The number of benzene rings is 2. The molecule has 2 aromatic rings. The molecule has 0 heterocycles. The molecule has 0 saturated heterocycles. The number of rotatable bonds is 5. The fraction of sp³-hybridized carbons (Fsp3) is 0.250. The molecule has 4 heteroatoms.